The summed E-state index contributed by atoms with van der Waals surface area (Å²) in [6.07, 6.45) is -0.0339. The smallest absolute Gasteiger partial charge is 0.323 e. The van der Waals surface area contributed by atoms with Crippen LogP contribution in [-0.4, -0.2) is 29.2 Å². The predicted octanol–water partition coefficient (Wildman–Crippen LogP) is 3.33. The molecule has 5 nitrogen and oxygen atoms in total. The van der Waals surface area contributed by atoms with E-state index < -0.39 is 5.97 Å². The summed E-state index contributed by atoms with van der Waals surface area (Å²) in [5.74, 6) is -0.859. The quantitative estimate of drug-likeness (QED) is 0.808. The molecule has 2 aromatic rings. The van der Waals surface area contributed by atoms with Crippen molar-refractivity contribution < 1.29 is 14.6 Å². The van der Waals surface area contributed by atoms with Gasteiger partial charge in [0.15, 0.2) is 0 Å². The van der Waals surface area contributed by atoms with Crippen molar-refractivity contribution in [1.82, 2.24) is 4.98 Å². The fourth-order valence-electron chi connectivity index (χ4n) is 2.14. The van der Waals surface area contributed by atoms with Crippen LogP contribution in [0.2, 0.25) is 0 Å². The second-order valence-electron chi connectivity index (χ2n) is 4.86. The Hall–Kier alpha value is -1.92. The number of hydrogen-bond donors (Lipinski definition) is 1. The number of anilines is 1. The molecule has 1 atom stereocenters. The number of carboxylic acids is 1. The number of ether oxygens (including phenoxy) is 1. The summed E-state index contributed by atoms with van der Waals surface area (Å²) in [5, 5.41) is 12.0. The van der Waals surface area contributed by atoms with Gasteiger partial charge >= 0.3 is 5.97 Å². The van der Waals surface area contributed by atoms with Gasteiger partial charge in [0.05, 0.1) is 12.2 Å². The van der Waals surface area contributed by atoms with E-state index in [1.807, 2.05) is 49.6 Å². The van der Waals surface area contributed by atoms with Crippen LogP contribution >= 0.6 is 11.3 Å². The Bertz CT molecular complexity index is 600. The van der Waals surface area contributed by atoms with Crippen LogP contribution in [0.4, 0.5) is 5.69 Å². The first-order valence-corrected chi connectivity index (χ1v) is 8.05. The van der Waals surface area contributed by atoms with Crippen molar-refractivity contribution in [2.24, 2.45) is 0 Å². The highest BCUT2D eigenvalue weighted by Crippen LogP contribution is 2.23. The zero-order valence-electron chi connectivity index (χ0n) is 12.7. The van der Waals surface area contributed by atoms with Gasteiger partial charge in [0.1, 0.15) is 17.7 Å². The number of benzene rings is 1. The maximum Gasteiger partial charge on any atom is 0.323 e. The van der Waals surface area contributed by atoms with Gasteiger partial charge in [-0.2, -0.15) is 0 Å². The van der Waals surface area contributed by atoms with E-state index in [-0.39, 0.29) is 12.6 Å². The molecule has 118 valence electrons. The van der Waals surface area contributed by atoms with Crippen LogP contribution in [0.25, 0.3) is 0 Å². The summed E-state index contributed by atoms with van der Waals surface area (Å²) in [4.78, 5) is 17.5. The highest BCUT2D eigenvalue weighted by atomic mass is 32.1. The Labute approximate surface area is 134 Å². The Morgan fingerprint density at radius 3 is 2.77 bits per heavy atom. The molecule has 1 aromatic heterocycles. The first kappa shape index (κ1) is 16.5. The Balaban J connectivity index is 2.12. The van der Waals surface area contributed by atoms with Gasteiger partial charge in [-0.3, -0.25) is 4.79 Å². The van der Waals surface area contributed by atoms with Gasteiger partial charge in [-0.1, -0.05) is 18.2 Å². The molecule has 2 rings (SSSR count). The lowest BCUT2D eigenvalue weighted by Gasteiger charge is -2.21. The topological polar surface area (TPSA) is 62.7 Å². The average molecular weight is 320 g/mol. The Morgan fingerprint density at radius 2 is 2.14 bits per heavy atom. The molecule has 0 bridgehead atoms. The molecule has 1 heterocycles. The number of carboxylic acid groups (broad SMARTS) is 1. The third kappa shape index (κ3) is 4.54. The zero-order chi connectivity index (χ0) is 15.9. The van der Waals surface area contributed by atoms with Crippen molar-refractivity contribution in [3.8, 4) is 0 Å². The average Bonchev–Trinajstić information content (AvgIpc) is 2.96. The summed E-state index contributed by atoms with van der Waals surface area (Å²) in [7, 11) is 0. The van der Waals surface area contributed by atoms with E-state index in [2.05, 4.69) is 4.98 Å². The van der Waals surface area contributed by atoms with Crippen molar-refractivity contribution in [2.45, 2.75) is 26.5 Å². The minimum Gasteiger partial charge on any atom is -0.480 e. The molecule has 0 saturated heterocycles. The van der Waals surface area contributed by atoms with Crippen molar-refractivity contribution in [1.29, 1.82) is 0 Å². The lowest BCUT2D eigenvalue weighted by atomic mass is 10.2. The molecule has 0 aliphatic heterocycles. The van der Waals surface area contributed by atoms with Crippen LogP contribution < -0.4 is 4.90 Å². The summed E-state index contributed by atoms with van der Waals surface area (Å²) < 4.78 is 5.54. The van der Waals surface area contributed by atoms with Gasteiger partial charge in [-0.15, -0.1) is 11.3 Å². The van der Waals surface area contributed by atoms with E-state index in [0.29, 0.717) is 13.2 Å². The molecule has 1 N–H and O–H groups in total. The van der Waals surface area contributed by atoms with Crippen LogP contribution in [0.5, 0.6) is 0 Å². The first-order valence-electron chi connectivity index (χ1n) is 7.17. The highest BCUT2D eigenvalue weighted by molar-refractivity contribution is 7.09. The van der Waals surface area contributed by atoms with E-state index in [1.54, 1.807) is 16.2 Å². The van der Waals surface area contributed by atoms with E-state index in [4.69, 9.17) is 9.84 Å². The zero-order valence-corrected chi connectivity index (χ0v) is 13.5. The number of carbonyl (C=O) groups is 1. The molecule has 1 aromatic carbocycles. The van der Waals surface area contributed by atoms with E-state index >= 15 is 0 Å². The molecular formula is C16H20N2O3S. The molecule has 0 amide bonds. The van der Waals surface area contributed by atoms with Crippen molar-refractivity contribution in [2.75, 3.05) is 18.1 Å². The van der Waals surface area contributed by atoms with Crippen LogP contribution in [0.1, 0.15) is 30.7 Å². The molecule has 6 heteroatoms. The molecule has 0 fully saturated rings. The Kier molecular flexibility index (Phi) is 5.91. The summed E-state index contributed by atoms with van der Waals surface area (Å²) in [6.45, 7) is 4.97. The minimum absolute atomic E-state index is 0.0339. The molecule has 0 aliphatic rings. The second kappa shape index (κ2) is 7.91. The normalized spacial score (nSPS) is 12.1. The molecule has 0 radical (unpaired) electrons. The fraction of sp³-hybridized carbons (Fsp3) is 0.375. The van der Waals surface area contributed by atoms with Gasteiger partial charge in [-0.25, -0.2) is 4.98 Å². The van der Waals surface area contributed by atoms with Gasteiger partial charge in [0.2, 0.25) is 0 Å². The van der Waals surface area contributed by atoms with Gasteiger partial charge in [-0.05, 0) is 26.0 Å². The standard InChI is InChI=1S/C16H20N2O3S/c1-3-21-12(2)16-17-13(11-22-16)9-18(10-15(19)20)14-7-5-4-6-8-14/h4-8,11-12H,3,9-10H2,1-2H3,(H,19,20). The molecular weight excluding hydrogens is 300 g/mol. The predicted molar refractivity (Wildman–Crippen MR) is 87.3 cm³/mol. The van der Waals surface area contributed by atoms with Gasteiger partial charge in [0, 0.05) is 17.7 Å². The first-order chi connectivity index (χ1) is 10.6. The summed E-state index contributed by atoms with van der Waals surface area (Å²) in [5.41, 5.74) is 1.73. The number of nitrogens with zero attached hydrogens (tertiary/aromatic N) is 2. The van der Waals surface area contributed by atoms with Gasteiger partial charge < -0.3 is 14.7 Å². The number of rotatable bonds is 8. The summed E-state index contributed by atoms with van der Waals surface area (Å²) >= 11 is 1.54. The Morgan fingerprint density at radius 1 is 1.41 bits per heavy atom. The molecule has 0 spiro atoms. The minimum atomic E-state index is -0.859. The summed E-state index contributed by atoms with van der Waals surface area (Å²) in [6, 6.07) is 9.51. The lowest BCUT2D eigenvalue weighted by molar-refractivity contribution is -0.135. The second-order valence-corrected chi connectivity index (χ2v) is 5.75. The highest BCUT2D eigenvalue weighted by Gasteiger charge is 2.15. The van der Waals surface area contributed by atoms with Crippen molar-refractivity contribution in [3.63, 3.8) is 0 Å². The lowest BCUT2D eigenvalue weighted by Crippen LogP contribution is -2.29. The van der Waals surface area contributed by atoms with Crippen LogP contribution in [-0.2, 0) is 16.1 Å². The molecule has 22 heavy (non-hydrogen) atoms. The third-order valence-electron chi connectivity index (χ3n) is 3.13. The van der Waals surface area contributed by atoms with Gasteiger partial charge in [0.25, 0.3) is 0 Å². The van der Waals surface area contributed by atoms with Crippen LogP contribution in [0, 0.1) is 0 Å². The largest absolute Gasteiger partial charge is 0.480 e. The molecule has 0 aliphatic carbocycles. The molecule has 0 saturated carbocycles. The third-order valence-corrected chi connectivity index (χ3v) is 4.19. The SMILES string of the molecule is CCOC(C)c1nc(CN(CC(=O)O)c2ccccc2)cs1. The van der Waals surface area contributed by atoms with E-state index in [0.717, 1.165) is 16.4 Å². The number of para-hydroxylation sites is 1. The monoisotopic (exact) mass is 320 g/mol. The number of hydrogen-bond acceptors (Lipinski definition) is 5. The van der Waals surface area contributed by atoms with Crippen LogP contribution in [0.15, 0.2) is 35.7 Å². The van der Waals surface area contributed by atoms with E-state index in [1.165, 1.54) is 0 Å². The fourth-order valence-corrected chi connectivity index (χ4v) is 2.95. The number of aromatic nitrogens is 1. The maximum absolute atomic E-state index is 11.1. The van der Waals surface area contributed by atoms with Crippen molar-refractivity contribution >= 4 is 23.0 Å². The number of thiazole rings is 1. The molecule has 1 unspecified atom stereocenters. The number of aliphatic carboxylic acids is 1. The van der Waals surface area contributed by atoms with Crippen LogP contribution in [0.3, 0.4) is 0 Å². The maximum atomic E-state index is 11.1. The van der Waals surface area contributed by atoms with Crippen molar-refractivity contribution in [3.05, 3.63) is 46.4 Å². The van der Waals surface area contributed by atoms with E-state index in [9.17, 15) is 4.79 Å².